The van der Waals surface area contributed by atoms with Crippen LogP contribution in [-0.4, -0.2) is 31.8 Å². The monoisotopic (exact) mass is 445 g/mol. The molecule has 1 heterocycles. The molecule has 4 rings (SSSR count). The Balaban J connectivity index is 1.29. The molecule has 0 aliphatic carbocycles. The van der Waals surface area contributed by atoms with Crippen LogP contribution in [0.3, 0.4) is 0 Å². The summed E-state index contributed by atoms with van der Waals surface area (Å²) in [5.41, 5.74) is 4.89. The van der Waals surface area contributed by atoms with Crippen LogP contribution in [0.25, 0.3) is 22.4 Å². The molecule has 0 fully saturated rings. The molecule has 0 unspecified atom stereocenters. The number of sulfonamides is 1. The predicted octanol–water partition coefficient (Wildman–Crippen LogP) is 4.48. The van der Waals surface area contributed by atoms with E-state index in [1.165, 1.54) is 5.56 Å². The summed E-state index contributed by atoms with van der Waals surface area (Å²) >= 11 is 0. The van der Waals surface area contributed by atoms with Crippen LogP contribution in [0.1, 0.15) is 5.56 Å². The van der Waals surface area contributed by atoms with Crippen molar-refractivity contribution in [3.8, 4) is 28.3 Å². The molecule has 0 spiro atoms. The lowest BCUT2D eigenvalue weighted by molar-refractivity contribution is 0.307. The maximum Gasteiger partial charge on any atom is 0.240 e. The van der Waals surface area contributed by atoms with Crippen LogP contribution in [-0.2, 0) is 10.0 Å². The van der Waals surface area contributed by atoms with Gasteiger partial charge in [0.05, 0.1) is 10.6 Å². The van der Waals surface area contributed by atoms with Crippen LogP contribution in [0, 0.1) is 6.92 Å². The van der Waals surface area contributed by atoms with Crippen molar-refractivity contribution in [1.82, 2.24) is 14.9 Å². The average molecular weight is 446 g/mol. The average Bonchev–Trinajstić information content (AvgIpc) is 2.83. The van der Waals surface area contributed by atoms with Gasteiger partial charge in [0.1, 0.15) is 6.61 Å². The standard InChI is InChI=1S/C25H23N3O3S/c1-19-7-9-22(10-8-19)24-15-16-25(28-27-24)31-18-17-26-32(29,30)23-13-11-21(12-14-23)20-5-3-2-4-6-20/h2-16,26H,17-18H2,1H3. The largest absolute Gasteiger partial charge is 0.475 e. The minimum Gasteiger partial charge on any atom is -0.475 e. The summed E-state index contributed by atoms with van der Waals surface area (Å²) in [5, 5.41) is 8.23. The molecule has 0 saturated heterocycles. The van der Waals surface area contributed by atoms with E-state index in [1.54, 1.807) is 30.3 Å². The number of rotatable bonds is 8. The fourth-order valence-corrected chi connectivity index (χ4v) is 4.16. The Morgan fingerprint density at radius 2 is 1.41 bits per heavy atom. The second-order valence-corrected chi connectivity index (χ2v) is 9.03. The van der Waals surface area contributed by atoms with Crippen LogP contribution in [0.4, 0.5) is 0 Å². The van der Waals surface area contributed by atoms with Gasteiger partial charge < -0.3 is 4.74 Å². The number of nitrogens with zero attached hydrogens (tertiary/aromatic N) is 2. The van der Waals surface area contributed by atoms with Crippen LogP contribution in [0.15, 0.2) is 95.9 Å². The summed E-state index contributed by atoms with van der Waals surface area (Å²) in [6, 6.07) is 28.1. The molecule has 0 bridgehead atoms. The van der Waals surface area contributed by atoms with E-state index in [0.717, 1.165) is 22.4 Å². The number of nitrogens with one attached hydrogen (secondary N) is 1. The van der Waals surface area contributed by atoms with Crippen molar-refractivity contribution < 1.29 is 13.2 Å². The summed E-state index contributed by atoms with van der Waals surface area (Å²) in [5.74, 6) is 0.340. The van der Waals surface area contributed by atoms with Gasteiger partial charge in [-0.3, -0.25) is 0 Å². The van der Waals surface area contributed by atoms with Gasteiger partial charge in [0.15, 0.2) is 0 Å². The molecular formula is C25H23N3O3S. The molecule has 7 heteroatoms. The third-order valence-corrected chi connectivity index (χ3v) is 6.38. The summed E-state index contributed by atoms with van der Waals surface area (Å²) < 4.78 is 33.1. The Morgan fingerprint density at radius 3 is 2.06 bits per heavy atom. The Kier molecular flexibility index (Phi) is 6.58. The van der Waals surface area contributed by atoms with Crippen molar-refractivity contribution in [3.05, 3.63) is 96.6 Å². The first-order chi connectivity index (χ1) is 15.5. The van der Waals surface area contributed by atoms with E-state index in [9.17, 15) is 8.42 Å². The first-order valence-corrected chi connectivity index (χ1v) is 11.7. The molecular weight excluding hydrogens is 422 g/mol. The molecule has 0 saturated carbocycles. The van der Waals surface area contributed by atoms with Gasteiger partial charge in [-0.1, -0.05) is 72.3 Å². The SMILES string of the molecule is Cc1ccc(-c2ccc(OCCNS(=O)(=O)c3ccc(-c4ccccc4)cc3)nn2)cc1. The zero-order valence-electron chi connectivity index (χ0n) is 17.6. The van der Waals surface area contributed by atoms with Crippen LogP contribution >= 0.6 is 0 Å². The zero-order valence-corrected chi connectivity index (χ0v) is 18.4. The Labute approximate surface area is 188 Å². The molecule has 32 heavy (non-hydrogen) atoms. The minimum absolute atomic E-state index is 0.115. The van der Waals surface area contributed by atoms with E-state index in [-0.39, 0.29) is 18.0 Å². The van der Waals surface area contributed by atoms with Crippen molar-refractivity contribution in [1.29, 1.82) is 0 Å². The van der Waals surface area contributed by atoms with E-state index in [1.807, 2.05) is 67.6 Å². The van der Waals surface area contributed by atoms with E-state index < -0.39 is 10.0 Å². The number of aryl methyl sites for hydroxylation is 1. The second kappa shape index (κ2) is 9.72. The maximum absolute atomic E-state index is 12.5. The van der Waals surface area contributed by atoms with E-state index in [4.69, 9.17) is 4.74 Å². The lowest BCUT2D eigenvalue weighted by Crippen LogP contribution is -2.28. The number of hydrogen-bond donors (Lipinski definition) is 1. The number of hydrogen-bond acceptors (Lipinski definition) is 5. The lowest BCUT2D eigenvalue weighted by atomic mass is 10.1. The van der Waals surface area contributed by atoms with Crippen LogP contribution in [0.5, 0.6) is 5.88 Å². The fourth-order valence-electron chi connectivity index (χ4n) is 3.15. The van der Waals surface area contributed by atoms with Gasteiger partial charge in [0.2, 0.25) is 15.9 Å². The molecule has 0 amide bonds. The third-order valence-electron chi connectivity index (χ3n) is 4.90. The van der Waals surface area contributed by atoms with E-state index in [0.29, 0.717) is 5.88 Å². The third kappa shape index (κ3) is 5.38. The van der Waals surface area contributed by atoms with Crippen molar-refractivity contribution in [2.24, 2.45) is 0 Å². The van der Waals surface area contributed by atoms with Crippen molar-refractivity contribution >= 4 is 10.0 Å². The number of ether oxygens (including phenoxy) is 1. The van der Waals surface area contributed by atoms with Gasteiger partial charge >= 0.3 is 0 Å². The molecule has 0 radical (unpaired) electrons. The van der Waals surface area contributed by atoms with E-state index in [2.05, 4.69) is 14.9 Å². The van der Waals surface area contributed by atoms with Gasteiger partial charge in [-0.2, -0.15) is 0 Å². The molecule has 0 atom stereocenters. The molecule has 1 aromatic heterocycles. The fraction of sp³-hybridized carbons (Fsp3) is 0.120. The van der Waals surface area contributed by atoms with Crippen LogP contribution in [0.2, 0.25) is 0 Å². The highest BCUT2D eigenvalue weighted by Crippen LogP contribution is 2.21. The zero-order chi connectivity index (χ0) is 22.4. The molecule has 0 aliphatic rings. The highest BCUT2D eigenvalue weighted by Gasteiger charge is 2.13. The smallest absolute Gasteiger partial charge is 0.240 e. The predicted molar refractivity (Wildman–Crippen MR) is 125 cm³/mol. The molecule has 6 nitrogen and oxygen atoms in total. The second-order valence-electron chi connectivity index (χ2n) is 7.26. The van der Waals surface area contributed by atoms with Crippen molar-refractivity contribution in [2.75, 3.05) is 13.2 Å². The minimum atomic E-state index is -3.63. The molecule has 162 valence electrons. The highest BCUT2D eigenvalue weighted by atomic mass is 32.2. The first-order valence-electron chi connectivity index (χ1n) is 10.2. The van der Waals surface area contributed by atoms with Gasteiger partial charge in [-0.05, 0) is 36.2 Å². The first kappa shape index (κ1) is 21.7. The highest BCUT2D eigenvalue weighted by molar-refractivity contribution is 7.89. The lowest BCUT2D eigenvalue weighted by Gasteiger charge is -2.09. The van der Waals surface area contributed by atoms with Crippen molar-refractivity contribution in [3.63, 3.8) is 0 Å². The van der Waals surface area contributed by atoms with Gasteiger partial charge in [-0.15, -0.1) is 10.2 Å². The van der Waals surface area contributed by atoms with Crippen LogP contribution < -0.4 is 9.46 Å². The molecule has 3 aromatic carbocycles. The van der Waals surface area contributed by atoms with Gasteiger partial charge in [0.25, 0.3) is 0 Å². The number of benzene rings is 3. The topological polar surface area (TPSA) is 81.2 Å². The summed E-state index contributed by atoms with van der Waals surface area (Å²) in [7, 11) is -3.63. The molecule has 4 aromatic rings. The van der Waals surface area contributed by atoms with Gasteiger partial charge in [-0.25, -0.2) is 13.1 Å². The maximum atomic E-state index is 12.5. The van der Waals surface area contributed by atoms with Gasteiger partial charge in [0, 0.05) is 18.2 Å². The normalized spacial score (nSPS) is 11.3. The number of aromatic nitrogens is 2. The summed E-state index contributed by atoms with van der Waals surface area (Å²) in [6.45, 7) is 2.28. The Bertz CT molecular complexity index is 1260. The van der Waals surface area contributed by atoms with Crippen molar-refractivity contribution in [2.45, 2.75) is 11.8 Å². The Morgan fingerprint density at radius 1 is 0.750 bits per heavy atom. The molecule has 0 aliphatic heterocycles. The quantitative estimate of drug-likeness (QED) is 0.405. The summed E-state index contributed by atoms with van der Waals surface area (Å²) in [6.07, 6.45) is 0. The Hall–Kier alpha value is -3.55. The van der Waals surface area contributed by atoms with E-state index >= 15 is 0 Å². The summed E-state index contributed by atoms with van der Waals surface area (Å²) in [4.78, 5) is 0.208. The molecule has 1 N–H and O–H groups in total.